The maximum atomic E-state index is 12.1. The first-order valence-corrected chi connectivity index (χ1v) is 6.28. The van der Waals surface area contributed by atoms with E-state index in [-0.39, 0.29) is 28.1 Å². The largest absolute Gasteiger partial charge is 0.465 e. The van der Waals surface area contributed by atoms with Crippen molar-refractivity contribution >= 4 is 11.8 Å². The van der Waals surface area contributed by atoms with Gasteiger partial charge in [0.15, 0.2) is 0 Å². The fourth-order valence-electron chi connectivity index (χ4n) is 2.11. The number of hydrogen-bond donors (Lipinski definition) is 2. The van der Waals surface area contributed by atoms with E-state index >= 15 is 0 Å². The summed E-state index contributed by atoms with van der Waals surface area (Å²) in [5.74, 6) is 4.70. The van der Waals surface area contributed by atoms with Crippen molar-refractivity contribution in [1.82, 2.24) is 4.68 Å². The number of benzene rings is 1. The van der Waals surface area contributed by atoms with Crippen molar-refractivity contribution in [2.75, 3.05) is 18.7 Å². The van der Waals surface area contributed by atoms with Crippen LogP contribution in [0.1, 0.15) is 21.5 Å². The number of nitriles is 2. The smallest absolute Gasteiger partial charge is 0.337 e. The van der Waals surface area contributed by atoms with Crippen LogP contribution in [0.15, 0.2) is 29.1 Å². The predicted molar refractivity (Wildman–Crippen MR) is 81.5 cm³/mol. The van der Waals surface area contributed by atoms with Crippen molar-refractivity contribution < 1.29 is 9.53 Å². The summed E-state index contributed by atoms with van der Waals surface area (Å²) in [5.41, 5.74) is 5.24. The van der Waals surface area contributed by atoms with Crippen LogP contribution in [-0.4, -0.2) is 17.8 Å². The van der Waals surface area contributed by atoms with E-state index in [1.807, 2.05) is 6.07 Å². The summed E-state index contributed by atoms with van der Waals surface area (Å²) in [5, 5.41) is 18.5. The Labute approximate surface area is 130 Å². The molecular weight excluding hydrogens is 298 g/mol. The molecule has 0 saturated heterocycles. The molecule has 2 rings (SSSR count). The number of carbonyl (C=O) groups excluding carboxylic acids is 1. The van der Waals surface area contributed by atoms with Gasteiger partial charge in [-0.3, -0.25) is 4.79 Å². The van der Waals surface area contributed by atoms with Crippen molar-refractivity contribution in [2.24, 2.45) is 0 Å². The maximum Gasteiger partial charge on any atom is 0.337 e. The molecule has 0 aliphatic heterocycles. The van der Waals surface area contributed by atoms with E-state index in [1.54, 1.807) is 6.07 Å². The third-order valence-electron chi connectivity index (χ3n) is 3.27. The second-order valence-corrected chi connectivity index (χ2v) is 4.48. The van der Waals surface area contributed by atoms with Crippen LogP contribution in [-0.2, 0) is 4.74 Å². The van der Waals surface area contributed by atoms with E-state index in [0.29, 0.717) is 10.2 Å². The van der Waals surface area contributed by atoms with E-state index in [2.05, 4.69) is 4.74 Å². The summed E-state index contributed by atoms with van der Waals surface area (Å²) < 4.78 is 5.15. The molecule has 0 fully saturated rings. The number of aromatic nitrogens is 1. The number of hydrogen-bond acceptors (Lipinski definition) is 7. The Balaban J connectivity index is 2.78. The number of anilines is 1. The average molecular weight is 309 g/mol. The van der Waals surface area contributed by atoms with Gasteiger partial charge in [0, 0.05) is 5.56 Å². The number of pyridine rings is 1. The quantitative estimate of drug-likeness (QED) is 0.600. The minimum Gasteiger partial charge on any atom is -0.465 e. The van der Waals surface area contributed by atoms with E-state index in [4.69, 9.17) is 11.6 Å². The highest BCUT2D eigenvalue weighted by atomic mass is 16.5. The number of nitrogens with zero attached hydrogens (tertiary/aromatic N) is 3. The van der Waals surface area contributed by atoms with Crippen LogP contribution in [0, 0.1) is 22.7 Å². The third-order valence-corrected chi connectivity index (χ3v) is 3.27. The minimum absolute atomic E-state index is 0.0793. The van der Waals surface area contributed by atoms with Gasteiger partial charge < -0.3 is 16.3 Å². The van der Waals surface area contributed by atoms with Crippen LogP contribution in [0.25, 0.3) is 11.1 Å². The maximum absolute atomic E-state index is 12.1. The van der Waals surface area contributed by atoms with Gasteiger partial charge >= 0.3 is 5.97 Å². The lowest BCUT2D eigenvalue weighted by Gasteiger charge is -2.12. The Morgan fingerprint density at radius 2 is 1.74 bits per heavy atom. The van der Waals surface area contributed by atoms with E-state index in [1.165, 1.54) is 31.4 Å². The minimum atomic E-state index is -0.809. The number of esters is 1. The summed E-state index contributed by atoms with van der Waals surface area (Å²) in [7, 11) is 1.25. The second-order valence-electron chi connectivity index (χ2n) is 4.48. The number of nitrogen functional groups attached to an aromatic ring is 2. The summed E-state index contributed by atoms with van der Waals surface area (Å²) in [4.78, 5) is 23.5. The lowest BCUT2D eigenvalue weighted by molar-refractivity contribution is 0.0601. The van der Waals surface area contributed by atoms with Gasteiger partial charge in [-0.15, -0.1) is 0 Å². The summed E-state index contributed by atoms with van der Waals surface area (Å²) in [6.07, 6.45) is 0. The molecule has 0 amide bonds. The Kier molecular flexibility index (Phi) is 4.01. The number of nitrogens with two attached hydrogens (primary N) is 2. The zero-order valence-corrected chi connectivity index (χ0v) is 12.0. The molecule has 1 aromatic carbocycles. The summed E-state index contributed by atoms with van der Waals surface area (Å²) in [6, 6.07) is 9.47. The van der Waals surface area contributed by atoms with Crippen molar-refractivity contribution in [3.05, 3.63) is 51.3 Å². The van der Waals surface area contributed by atoms with Crippen molar-refractivity contribution in [3.8, 4) is 23.3 Å². The molecule has 0 saturated carbocycles. The van der Waals surface area contributed by atoms with Gasteiger partial charge in [-0.1, -0.05) is 12.1 Å². The van der Waals surface area contributed by atoms with Crippen LogP contribution in [0.4, 0.5) is 5.82 Å². The number of methoxy groups -OCH3 is 1. The SMILES string of the molecule is COC(=O)c1ccc(-c2c(C#N)c(N)n(N)c(=O)c2C#N)cc1. The fraction of sp³-hybridized carbons (Fsp3) is 0.0667. The zero-order chi connectivity index (χ0) is 17.1. The molecule has 0 aliphatic rings. The summed E-state index contributed by atoms with van der Waals surface area (Å²) >= 11 is 0. The highest BCUT2D eigenvalue weighted by Gasteiger charge is 2.21. The molecule has 2 aromatic rings. The van der Waals surface area contributed by atoms with Gasteiger partial charge in [0.1, 0.15) is 29.1 Å². The van der Waals surface area contributed by atoms with E-state index in [0.717, 1.165) is 0 Å². The molecule has 8 heteroatoms. The Morgan fingerprint density at radius 1 is 1.17 bits per heavy atom. The highest BCUT2D eigenvalue weighted by Crippen LogP contribution is 2.28. The van der Waals surface area contributed by atoms with Crippen molar-refractivity contribution in [1.29, 1.82) is 10.5 Å². The van der Waals surface area contributed by atoms with Crippen molar-refractivity contribution in [2.45, 2.75) is 0 Å². The van der Waals surface area contributed by atoms with Crippen LogP contribution in [0.2, 0.25) is 0 Å². The second kappa shape index (κ2) is 5.92. The monoisotopic (exact) mass is 309 g/mol. The third kappa shape index (κ3) is 2.45. The number of ether oxygens (including phenoxy) is 1. The number of carbonyl (C=O) groups is 1. The normalized spacial score (nSPS) is 9.70. The van der Waals surface area contributed by atoms with Gasteiger partial charge in [-0.05, 0) is 17.7 Å². The molecule has 114 valence electrons. The lowest BCUT2D eigenvalue weighted by Crippen LogP contribution is -2.33. The standard InChI is InChI=1S/C15H11N5O3/c1-23-15(22)9-4-2-8(3-5-9)12-10(6-16)13(18)20(19)14(21)11(12)7-17/h2-5H,18-19H2,1H3. The van der Waals surface area contributed by atoms with Crippen LogP contribution in [0.3, 0.4) is 0 Å². The topological polar surface area (TPSA) is 148 Å². The molecule has 8 nitrogen and oxygen atoms in total. The molecule has 0 spiro atoms. The molecule has 0 unspecified atom stereocenters. The Bertz CT molecular complexity index is 930. The predicted octanol–water partition coefficient (Wildman–Crippen LogP) is 0.341. The van der Waals surface area contributed by atoms with Crippen LogP contribution >= 0.6 is 0 Å². The molecule has 0 atom stereocenters. The highest BCUT2D eigenvalue weighted by molar-refractivity contribution is 5.90. The van der Waals surface area contributed by atoms with Gasteiger partial charge in [0.2, 0.25) is 0 Å². The average Bonchev–Trinajstić information content (AvgIpc) is 2.59. The zero-order valence-electron chi connectivity index (χ0n) is 12.0. The first kappa shape index (κ1) is 15.6. The molecule has 0 radical (unpaired) electrons. The van der Waals surface area contributed by atoms with Gasteiger partial charge in [0.05, 0.1) is 12.7 Å². The first-order chi connectivity index (χ1) is 11.0. The first-order valence-electron chi connectivity index (χ1n) is 6.28. The molecule has 1 heterocycles. The van der Waals surface area contributed by atoms with E-state index in [9.17, 15) is 20.1 Å². The lowest BCUT2D eigenvalue weighted by atomic mass is 9.96. The Morgan fingerprint density at radius 3 is 2.22 bits per heavy atom. The van der Waals surface area contributed by atoms with Gasteiger partial charge in [-0.2, -0.15) is 10.5 Å². The number of rotatable bonds is 2. The summed E-state index contributed by atoms with van der Waals surface area (Å²) in [6.45, 7) is 0. The Hall–Kier alpha value is -3.78. The molecule has 1 aromatic heterocycles. The van der Waals surface area contributed by atoms with Gasteiger partial charge in [0.25, 0.3) is 5.56 Å². The van der Waals surface area contributed by atoms with Crippen LogP contribution < -0.4 is 17.1 Å². The fourth-order valence-corrected chi connectivity index (χ4v) is 2.11. The molecule has 23 heavy (non-hydrogen) atoms. The van der Waals surface area contributed by atoms with E-state index < -0.39 is 11.5 Å². The van der Waals surface area contributed by atoms with Gasteiger partial charge in [-0.25, -0.2) is 9.47 Å². The molecule has 0 bridgehead atoms. The van der Waals surface area contributed by atoms with Crippen molar-refractivity contribution in [3.63, 3.8) is 0 Å². The molecule has 4 N–H and O–H groups in total. The van der Waals surface area contributed by atoms with Crippen LogP contribution in [0.5, 0.6) is 0 Å². The molecule has 0 aliphatic carbocycles. The molecular formula is C15H11N5O3.